The molecule has 4 aromatic heterocycles. The molecule has 14 heteroatoms. The van der Waals surface area contributed by atoms with Gasteiger partial charge in [0.2, 0.25) is 0 Å². The smallest absolute Gasteiger partial charge is 0.142 e. The first kappa shape index (κ1) is 70.9. The number of hydrogen-bond acceptors (Lipinski definition) is 10. The predicted molar refractivity (Wildman–Crippen MR) is 420 cm³/mol. The highest BCUT2D eigenvalue weighted by atomic mass is 16.5. The Labute approximate surface area is 609 Å². The number of H-pyrrole nitrogens is 4. The molecule has 10 aromatic carbocycles. The maximum Gasteiger partial charge on any atom is 0.142 e. The number of benzene rings is 10. The van der Waals surface area contributed by atoms with E-state index in [1.165, 1.54) is 51.4 Å². The molecular formula is C90H88N8O6. The topological polar surface area (TPSA) is 192 Å². The number of phenols is 2. The zero-order valence-corrected chi connectivity index (χ0v) is 59.0. The second-order valence-corrected chi connectivity index (χ2v) is 25.9. The van der Waals surface area contributed by atoms with Crippen LogP contribution in [-0.2, 0) is 18.9 Å². The molecule has 14 aromatic rings. The summed E-state index contributed by atoms with van der Waals surface area (Å²) >= 11 is 0. The van der Waals surface area contributed by atoms with Gasteiger partial charge in [-0.3, -0.25) is 0 Å². The maximum atomic E-state index is 11.8. The molecule has 4 saturated heterocycles. The molecule has 0 aliphatic carbocycles. The molecule has 524 valence electrons. The Morgan fingerprint density at radius 2 is 0.404 bits per heavy atom. The molecule has 4 aliphatic heterocycles. The van der Waals surface area contributed by atoms with E-state index in [0.29, 0.717) is 45.6 Å². The first-order valence-corrected chi connectivity index (χ1v) is 36.1. The number of ether oxygens (including phenoxy) is 4. The van der Waals surface area contributed by atoms with Gasteiger partial charge in [0.1, 0.15) is 34.8 Å². The van der Waals surface area contributed by atoms with Crippen LogP contribution < -0.4 is 0 Å². The van der Waals surface area contributed by atoms with E-state index in [-0.39, 0.29) is 11.5 Å². The zero-order chi connectivity index (χ0) is 71.1. The van der Waals surface area contributed by atoms with E-state index >= 15 is 0 Å². The Morgan fingerprint density at radius 3 is 0.558 bits per heavy atom. The van der Waals surface area contributed by atoms with Crippen LogP contribution in [0.3, 0.4) is 0 Å². The second-order valence-electron chi connectivity index (χ2n) is 25.9. The number of aromatic nitrogens is 8. The summed E-state index contributed by atoms with van der Waals surface area (Å²) in [7, 11) is 0. The van der Waals surface area contributed by atoms with E-state index in [2.05, 4.69) is 68.5 Å². The number of aromatic amines is 4. The zero-order valence-electron chi connectivity index (χ0n) is 59.0. The molecule has 0 spiro atoms. The summed E-state index contributed by atoms with van der Waals surface area (Å²) in [6, 6.07) is 88.8. The minimum absolute atomic E-state index is 0.113. The lowest BCUT2D eigenvalue weighted by atomic mass is 10.0. The van der Waals surface area contributed by atoms with Gasteiger partial charge in [-0.15, -0.1) is 0 Å². The molecule has 4 fully saturated rings. The van der Waals surface area contributed by atoms with Gasteiger partial charge < -0.3 is 49.1 Å². The second kappa shape index (κ2) is 35.9. The normalized spacial score (nSPS) is 13.6. The molecule has 0 unspecified atom stereocenters. The van der Waals surface area contributed by atoms with Crippen molar-refractivity contribution >= 4 is 0 Å². The average molecular weight is 1380 g/mol. The molecule has 0 bridgehead atoms. The fraction of sp³-hybridized carbons (Fsp3) is 0.200. The van der Waals surface area contributed by atoms with E-state index in [9.17, 15) is 10.2 Å². The van der Waals surface area contributed by atoms with Gasteiger partial charge in [-0.1, -0.05) is 243 Å². The quantitative estimate of drug-likeness (QED) is 0.0686. The van der Waals surface area contributed by atoms with Gasteiger partial charge >= 0.3 is 0 Å². The summed E-state index contributed by atoms with van der Waals surface area (Å²) in [5.41, 5.74) is 19.4. The minimum atomic E-state index is 0.113. The molecule has 18 rings (SSSR count). The number of phenolic OH excluding ortho intramolecular Hbond substituents is 2. The number of nitrogens with zero attached hydrogens (tertiary/aromatic N) is 4. The standard InChI is InChI=1S/2C37H28N4O.4C4H8O/c2*1-24-22-29(36-38-31(25-14-6-2-7-15-25)32(39-36)26-16-8-3-9-17-26)35(42)30(23-24)37-40-33(27-18-10-4-11-19-27)34(41-37)28-20-12-5-13-21-28;4*1-2-4-5-3-1/h2*2-23,42H,1H3,(H,38,39)(H,40,41);4*1-4H2. The predicted octanol–water partition coefficient (Wildman–Crippen LogP) is 21.5. The lowest BCUT2D eigenvalue weighted by molar-refractivity contribution is 0.198. The number of aryl methyl sites for hydroxylation is 2. The molecule has 0 saturated carbocycles. The molecule has 6 N–H and O–H groups in total. The Morgan fingerprint density at radius 1 is 0.240 bits per heavy atom. The summed E-state index contributed by atoms with van der Waals surface area (Å²) in [4.78, 5) is 34.2. The van der Waals surface area contributed by atoms with Gasteiger partial charge in [0.05, 0.1) is 67.8 Å². The molecular weight excluding hydrogens is 1290 g/mol. The lowest BCUT2D eigenvalue weighted by Gasteiger charge is -2.09. The summed E-state index contributed by atoms with van der Waals surface area (Å²) in [5.74, 6) is 2.59. The Balaban J connectivity index is 0.000000145. The van der Waals surface area contributed by atoms with Gasteiger partial charge in [0.15, 0.2) is 0 Å². The largest absolute Gasteiger partial charge is 0.506 e. The van der Waals surface area contributed by atoms with Crippen LogP contribution in [-0.4, -0.2) is 103 Å². The number of hydrogen-bond donors (Lipinski definition) is 6. The third kappa shape index (κ3) is 18.0. The van der Waals surface area contributed by atoms with Gasteiger partial charge in [-0.05, 0) is 101 Å². The lowest BCUT2D eigenvalue weighted by Crippen LogP contribution is -1.90. The van der Waals surface area contributed by atoms with Crippen molar-refractivity contribution in [2.24, 2.45) is 0 Å². The number of aromatic hydroxyl groups is 2. The van der Waals surface area contributed by atoms with E-state index in [4.69, 9.17) is 38.9 Å². The number of nitrogens with one attached hydrogen (secondary N) is 4. The third-order valence-electron chi connectivity index (χ3n) is 18.1. The van der Waals surface area contributed by atoms with Crippen LogP contribution in [0.4, 0.5) is 0 Å². The summed E-state index contributed by atoms with van der Waals surface area (Å²) in [6.45, 7) is 12.0. The SMILES string of the molecule is C1CCOC1.C1CCOC1.C1CCOC1.C1CCOC1.Cc1cc(-c2nc(-c3ccccc3)c(-c3ccccc3)[nH]2)c(O)c(-c2nc(-c3ccccc3)c(-c3ccccc3)[nH]2)c1.Cc1cc(-c2nc(-c3ccccc3)c(-c3ccccc3)[nH]2)c(O)c(-c2nc(-c3ccccc3)c(-c3ccccc3)[nH]2)c1. The molecule has 14 nitrogen and oxygen atoms in total. The highest BCUT2D eigenvalue weighted by molar-refractivity contribution is 5.89. The van der Waals surface area contributed by atoms with Crippen molar-refractivity contribution in [1.82, 2.24) is 39.9 Å². The Kier molecular flexibility index (Phi) is 24.5. The molecule has 8 heterocycles. The average Bonchev–Trinajstić information content (AvgIpc) is 1.61. The highest BCUT2D eigenvalue weighted by Crippen LogP contribution is 2.45. The van der Waals surface area contributed by atoms with Crippen molar-refractivity contribution in [2.75, 3.05) is 52.9 Å². The molecule has 4 aliphatic rings. The van der Waals surface area contributed by atoms with Gasteiger partial charge in [0.25, 0.3) is 0 Å². The van der Waals surface area contributed by atoms with Crippen molar-refractivity contribution in [3.63, 3.8) is 0 Å². The van der Waals surface area contributed by atoms with Gasteiger partial charge in [0, 0.05) is 97.4 Å². The van der Waals surface area contributed by atoms with E-state index in [1.807, 2.05) is 232 Å². The van der Waals surface area contributed by atoms with Crippen LogP contribution in [0.1, 0.15) is 62.5 Å². The van der Waals surface area contributed by atoms with Crippen molar-refractivity contribution in [2.45, 2.75) is 65.2 Å². The summed E-state index contributed by atoms with van der Waals surface area (Å²) in [5, 5.41) is 23.6. The van der Waals surface area contributed by atoms with Gasteiger partial charge in [-0.25, -0.2) is 19.9 Å². The van der Waals surface area contributed by atoms with Crippen LogP contribution >= 0.6 is 0 Å². The van der Waals surface area contributed by atoms with Crippen LogP contribution in [0.5, 0.6) is 11.5 Å². The van der Waals surface area contributed by atoms with Crippen LogP contribution in [0.2, 0.25) is 0 Å². The summed E-state index contributed by atoms with van der Waals surface area (Å²) in [6.07, 6.45) is 10.2. The monoisotopic (exact) mass is 1380 g/mol. The fourth-order valence-corrected chi connectivity index (χ4v) is 12.8. The molecule has 0 radical (unpaired) electrons. The Hall–Kier alpha value is -11.5. The van der Waals surface area contributed by atoms with Gasteiger partial charge in [-0.2, -0.15) is 0 Å². The highest BCUT2D eigenvalue weighted by Gasteiger charge is 2.26. The minimum Gasteiger partial charge on any atom is -0.506 e. The number of imidazole rings is 4. The first-order valence-electron chi connectivity index (χ1n) is 36.1. The van der Waals surface area contributed by atoms with Crippen molar-refractivity contribution in [3.05, 3.63) is 278 Å². The maximum absolute atomic E-state index is 11.8. The fourth-order valence-electron chi connectivity index (χ4n) is 12.8. The van der Waals surface area contributed by atoms with Crippen LogP contribution in [0.15, 0.2) is 267 Å². The van der Waals surface area contributed by atoms with E-state index in [0.717, 1.165) is 154 Å². The van der Waals surface area contributed by atoms with Crippen molar-refractivity contribution < 1.29 is 29.2 Å². The number of rotatable bonds is 12. The van der Waals surface area contributed by atoms with E-state index < -0.39 is 0 Å². The Bertz CT molecular complexity index is 4060. The molecule has 104 heavy (non-hydrogen) atoms. The molecule has 0 atom stereocenters. The van der Waals surface area contributed by atoms with Crippen molar-refractivity contribution in [1.29, 1.82) is 0 Å². The first-order chi connectivity index (χ1) is 51.3. The van der Waals surface area contributed by atoms with E-state index in [1.54, 1.807) is 0 Å². The third-order valence-corrected chi connectivity index (χ3v) is 18.1. The van der Waals surface area contributed by atoms with Crippen molar-refractivity contribution in [3.8, 4) is 147 Å². The summed E-state index contributed by atoms with van der Waals surface area (Å²) < 4.78 is 19.8. The van der Waals surface area contributed by atoms with Crippen LogP contribution in [0.25, 0.3) is 136 Å². The van der Waals surface area contributed by atoms with Crippen LogP contribution in [0, 0.1) is 13.8 Å². The molecule has 0 amide bonds.